The second-order valence-electron chi connectivity index (χ2n) is 4.85. The fourth-order valence-corrected chi connectivity index (χ4v) is 3.10. The monoisotopic (exact) mass is 194 g/mol. The minimum atomic E-state index is 0.377. The molecule has 2 aliphatic carbocycles. The van der Waals surface area contributed by atoms with Gasteiger partial charge in [0.1, 0.15) is 0 Å². The molecule has 14 heavy (non-hydrogen) atoms. The Balaban J connectivity index is 2.01. The van der Waals surface area contributed by atoms with Crippen LogP contribution in [0.1, 0.15) is 51.4 Å². The van der Waals surface area contributed by atoms with Crippen molar-refractivity contribution in [3.05, 3.63) is 11.6 Å². The zero-order valence-corrected chi connectivity index (χ0v) is 9.04. The van der Waals surface area contributed by atoms with E-state index >= 15 is 0 Å². The Kier molecular flexibility index (Phi) is 3.63. The van der Waals surface area contributed by atoms with Gasteiger partial charge >= 0.3 is 0 Å². The van der Waals surface area contributed by atoms with E-state index in [0.29, 0.717) is 12.5 Å². The highest BCUT2D eigenvalue weighted by molar-refractivity contribution is 5.14. The van der Waals surface area contributed by atoms with E-state index in [2.05, 4.69) is 6.08 Å². The second kappa shape index (κ2) is 4.97. The molecule has 0 aromatic rings. The maximum Gasteiger partial charge on any atom is 0.0496 e. The molecule has 1 heteroatoms. The van der Waals surface area contributed by atoms with E-state index in [-0.39, 0.29) is 0 Å². The van der Waals surface area contributed by atoms with Gasteiger partial charge in [-0.15, -0.1) is 0 Å². The van der Waals surface area contributed by atoms with Gasteiger partial charge in [0.15, 0.2) is 0 Å². The van der Waals surface area contributed by atoms with Gasteiger partial charge in [-0.1, -0.05) is 30.9 Å². The number of aliphatic hydroxyl groups is 1. The van der Waals surface area contributed by atoms with E-state index in [1.165, 1.54) is 51.4 Å². The summed E-state index contributed by atoms with van der Waals surface area (Å²) in [5, 5.41) is 9.35. The van der Waals surface area contributed by atoms with Gasteiger partial charge in [0.25, 0.3) is 0 Å². The largest absolute Gasteiger partial charge is 0.396 e. The highest BCUT2D eigenvalue weighted by Crippen LogP contribution is 2.37. The first-order valence-corrected chi connectivity index (χ1v) is 6.22. The molecule has 0 aromatic heterocycles. The predicted octanol–water partition coefficient (Wildman–Crippen LogP) is 3.29. The van der Waals surface area contributed by atoms with Crippen molar-refractivity contribution in [2.24, 2.45) is 11.8 Å². The summed E-state index contributed by atoms with van der Waals surface area (Å²) in [6.45, 7) is 0.377. The third kappa shape index (κ3) is 2.20. The third-order valence-corrected chi connectivity index (χ3v) is 3.91. The van der Waals surface area contributed by atoms with E-state index in [4.69, 9.17) is 0 Å². The summed E-state index contributed by atoms with van der Waals surface area (Å²) in [5.41, 5.74) is 1.61. The summed E-state index contributed by atoms with van der Waals surface area (Å²) in [5.74, 6) is 1.33. The van der Waals surface area contributed by atoms with Crippen LogP contribution in [0.4, 0.5) is 0 Å². The van der Waals surface area contributed by atoms with Crippen LogP contribution in [-0.4, -0.2) is 11.7 Å². The van der Waals surface area contributed by atoms with Crippen molar-refractivity contribution < 1.29 is 5.11 Å². The van der Waals surface area contributed by atoms with Crippen LogP contribution >= 0.6 is 0 Å². The SMILES string of the molecule is OCC1CCCC=C1C1CCCCC1. The van der Waals surface area contributed by atoms with Crippen LogP contribution in [0.5, 0.6) is 0 Å². The topological polar surface area (TPSA) is 20.2 Å². The van der Waals surface area contributed by atoms with Crippen molar-refractivity contribution in [3.8, 4) is 0 Å². The van der Waals surface area contributed by atoms with Crippen molar-refractivity contribution in [1.82, 2.24) is 0 Å². The molecule has 0 spiro atoms. The Bertz CT molecular complexity index is 201. The Labute approximate surface area is 87.2 Å². The Morgan fingerprint density at radius 3 is 2.57 bits per heavy atom. The van der Waals surface area contributed by atoms with E-state index in [0.717, 1.165) is 5.92 Å². The summed E-state index contributed by atoms with van der Waals surface area (Å²) < 4.78 is 0. The zero-order chi connectivity index (χ0) is 9.80. The highest BCUT2D eigenvalue weighted by atomic mass is 16.3. The van der Waals surface area contributed by atoms with E-state index < -0.39 is 0 Å². The van der Waals surface area contributed by atoms with Crippen LogP contribution in [0.15, 0.2) is 11.6 Å². The van der Waals surface area contributed by atoms with Crippen LogP contribution < -0.4 is 0 Å². The van der Waals surface area contributed by atoms with Crippen LogP contribution in [0.25, 0.3) is 0 Å². The van der Waals surface area contributed by atoms with Crippen LogP contribution in [0.3, 0.4) is 0 Å². The molecule has 0 radical (unpaired) electrons. The average molecular weight is 194 g/mol. The minimum absolute atomic E-state index is 0.377. The predicted molar refractivity (Wildman–Crippen MR) is 59.1 cm³/mol. The molecular formula is C13H22O. The molecule has 0 heterocycles. The standard InChI is InChI=1S/C13H22O/c14-10-12-8-4-5-9-13(12)11-6-2-1-3-7-11/h9,11-12,14H,1-8,10H2. The number of hydrogen-bond acceptors (Lipinski definition) is 1. The molecule has 0 amide bonds. The lowest BCUT2D eigenvalue weighted by atomic mass is 9.75. The first-order chi connectivity index (χ1) is 6.92. The fourth-order valence-electron chi connectivity index (χ4n) is 3.10. The Morgan fingerprint density at radius 1 is 1.07 bits per heavy atom. The molecule has 1 fully saturated rings. The van der Waals surface area contributed by atoms with Crippen molar-refractivity contribution in [2.45, 2.75) is 51.4 Å². The highest BCUT2D eigenvalue weighted by Gasteiger charge is 2.25. The average Bonchev–Trinajstić information content (AvgIpc) is 2.30. The molecule has 2 aliphatic rings. The van der Waals surface area contributed by atoms with Crippen LogP contribution in [0.2, 0.25) is 0 Å². The molecule has 1 saturated carbocycles. The van der Waals surface area contributed by atoms with Gasteiger partial charge in [-0.25, -0.2) is 0 Å². The van der Waals surface area contributed by atoms with Gasteiger partial charge in [-0.2, -0.15) is 0 Å². The summed E-state index contributed by atoms with van der Waals surface area (Å²) in [6, 6.07) is 0. The molecule has 1 unspecified atom stereocenters. The summed E-state index contributed by atoms with van der Waals surface area (Å²) in [4.78, 5) is 0. The van der Waals surface area contributed by atoms with Crippen molar-refractivity contribution >= 4 is 0 Å². The Morgan fingerprint density at radius 2 is 1.86 bits per heavy atom. The molecule has 2 rings (SSSR count). The summed E-state index contributed by atoms with van der Waals surface area (Å²) in [6.07, 6.45) is 13.2. The lowest BCUT2D eigenvalue weighted by molar-refractivity contribution is 0.216. The smallest absolute Gasteiger partial charge is 0.0496 e. The van der Waals surface area contributed by atoms with Gasteiger partial charge < -0.3 is 5.11 Å². The molecule has 0 aliphatic heterocycles. The molecule has 1 nitrogen and oxygen atoms in total. The maximum absolute atomic E-state index is 9.35. The normalized spacial score (nSPS) is 30.1. The minimum Gasteiger partial charge on any atom is -0.396 e. The van der Waals surface area contributed by atoms with E-state index in [1.807, 2.05) is 0 Å². The number of aliphatic hydroxyl groups excluding tert-OH is 1. The third-order valence-electron chi connectivity index (χ3n) is 3.91. The second-order valence-corrected chi connectivity index (χ2v) is 4.85. The molecule has 1 atom stereocenters. The van der Waals surface area contributed by atoms with E-state index in [9.17, 15) is 5.11 Å². The molecule has 1 N–H and O–H groups in total. The Hall–Kier alpha value is -0.300. The first-order valence-electron chi connectivity index (χ1n) is 6.22. The fraction of sp³-hybridized carbons (Fsp3) is 0.846. The van der Waals surface area contributed by atoms with Gasteiger partial charge in [0.2, 0.25) is 0 Å². The lowest BCUT2D eigenvalue weighted by Gasteiger charge is -2.31. The van der Waals surface area contributed by atoms with Gasteiger partial charge in [0.05, 0.1) is 0 Å². The van der Waals surface area contributed by atoms with Crippen LogP contribution in [-0.2, 0) is 0 Å². The molecule has 0 saturated heterocycles. The number of allylic oxidation sites excluding steroid dienone is 1. The molecule has 0 bridgehead atoms. The van der Waals surface area contributed by atoms with E-state index in [1.54, 1.807) is 5.57 Å². The molecule has 0 aromatic carbocycles. The van der Waals surface area contributed by atoms with Crippen molar-refractivity contribution in [2.75, 3.05) is 6.61 Å². The first kappa shape index (κ1) is 10.2. The number of rotatable bonds is 2. The molecule has 80 valence electrons. The zero-order valence-electron chi connectivity index (χ0n) is 9.04. The summed E-state index contributed by atoms with van der Waals surface area (Å²) in [7, 11) is 0. The quantitative estimate of drug-likeness (QED) is 0.669. The van der Waals surface area contributed by atoms with Gasteiger partial charge in [-0.3, -0.25) is 0 Å². The maximum atomic E-state index is 9.35. The van der Waals surface area contributed by atoms with Crippen molar-refractivity contribution in [1.29, 1.82) is 0 Å². The van der Waals surface area contributed by atoms with Crippen LogP contribution in [0, 0.1) is 11.8 Å². The number of hydrogen-bond donors (Lipinski definition) is 1. The van der Waals surface area contributed by atoms with Gasteiger partial charge in [0, 0.05) is 12.5 Å². The molecular weight excluding hydrogens is 172 g/mol. The lowest BCUT2D eigenvalue weighted by Crippen LogP contribution is -2.21. The van der Waals surface area contributed by atoms with Crippen molar-refractivity contribution in [3.63, 3.8) is 0 Å². The summed E-state index contributed by atoms with van der Waals surface area (Å²) >= 11 is 0. The van der Waals surface area contributed by atoms with Gasteiger partial charge in [-0.05, 0) is 38.0 Å².